The smallest absolute Gasteiger partial charge is 0.172 e. The van der Waals surface area contributed by atoms with Crippen LogP contribution in [0.1, 0.15) is 74.9 Å². The summed E-state index contributed by atoms with van der Waals surface area (Å²) in [5, 5.41) is 2.77. The molecule has 0 atom stereocenters. The fraction of sp³-hybridized carbons (Fsp3) is 0.235. The average molecular weight is 829 g/mol. The first-order chi connectivity index (χ1) is 24.8. The molecule has 54 heavy (non-hydrogen) atoms. The Kier molecular flexibility index (Phi) is 16.9. The predicted octanol–water partition coefficient (Wildman–Crippen LogP) is 7.71. The fourth-order valence-electron chi connectivity index (χ4n) is 7.08. The third-order valence-corrected chi connectivity index (χ3v) is 10.4. The van der Waals surface area contributed by atoms with E-state index in [1.807, 2.05) is 30.3 Å². The first kappa shape index (κ1) is 44.8. The van der Waals surface area contributed by atoms with Gasteiger partial charge in [0.15, 0.2) is 0 Å². The van der Waals surface area contributed by atoms with Crippen molar-refractivity contribution in [2.75, 3.05) is 0 Å². The van der Waals surface area contributed by atoms with E-state index in [9.17, 15) is 0 Å². The summed E-state index contributed by atoms with van der Waals surface area (Å²) in [6.45, 7) is 18.5. The standard InChI is InChI=1S/C31H35.C15H14.C5H5.2ClH.Zr/c1-20-13-9-11-15-22(20)26-19-25-24(29(26)31(6,7)8)17-18-27(30(3,4)5)28(25)23-16-12-10-14-21(23)2;1-3-8-14(9-4-1)12-7-13-15-10-5-2-6-11-15;1-2-4-5-3-1;;;/h9-19H,1-8H3;1-6,8-11H,12-13H2;1-5H;2*1H;/q-1;;-1;;;+2/p-2. The van der Waals surface area contributed by atoms with E-state index in [1.54, 1.807) is 27.4 Å². The van der Waals surface area contributed by atoms with Gasteiger partial charge in [0.2, 0.25) is 0 Å². The molecule has 0 heterocycles. The van der Waals surface area contributed by atoms with Crippen molar-refractivity contribution in [2.24, 2.45) is 0 Å². The molecule has 0 nitrogen and oxygen atoms in total. The van der Waals surface area contributed by atoms with Gasteiger partial charge in [-0.3, -0.25) is 0 Å². The SMILES string of the molecule is Cc1ccccc1-c1[cH-]c2c(-c3ccccc3C)c(C(C)(C)C)ccc2c1C(C)(C)C.[Cl-].[Cl-].[Zr+2]=[C](Cc1ccccc1)Cc1ccccc1.c1cc[cH-]c1. The third-order valence-electron chi connectivity index (χ3n) is 9.56. The van der Waals surface area contributed by atoms with Crippen LogP contribution in [0.3, 0.4) is 0 Å². The minimum atomic E-state index is 0. The Balaban J connectivity index is 0.000000284. The number of fused-ring (bicyclic) bond motifs is 1. The molecule has 7 aromatic carbocycles. The quantitative estimate of drug-likeness (QED) is 0.151. The summed E-state index contributed by atoms with van der Waals surface area (Å²) in [6.07, 6.45) is 2.24. The maximum absolute atomic E-state index is 2.47. The van der Waals surface area contributed by atoms with Crippen LogP contribution in [0.5, 0.6) is 0 Å². The van der Waals surface area contributed by atoms with Gasteiger partial charge in [0.25, 0.3) is 0 Å². The van der Waals surface area contributed by atoms with E-state index in [-0.39, 0.29) is 35.6 Å². The number of benzene rings is 5. The van der Waals surface area contributed by atoms with Crippen LogP contribution in [0.25, 0.3) is 33.0 Å². The van der Waals surface area contributed by atoms with E-state index in [4.69, 9.17) is 0 Å². The van der Waals surface area contributed by atoms with Crippen molar-refractivity contribution in [3.63, 3.8) is 0 Å². The zero-order valence-electron chi connectivity index (χ0n) is 33.2. The summed E-state index contributed by atoms with van der Waals surface area (Å²) < 4.78 is 1.60. The number of rotatable bonds is 6. The molecule has 0 saturated heterocycles. The molecule has 0 bridgehead atoms. The number of hydrogen-bond acceptors (Lipinski definition) is 0. The Morgan fingerprint density at radius 1 is 0.537 bits per heavy atom. The minimum absolute atomic E-state index is 0. The summed E-state index contributed by atoms with van der Waals surface area (Å²) in [4.78, 5) is 0. The van der Waals surface area contributed by atoms with Crippen LogP contribution >= 0.6 is 0 Å². The molecule has 0 N–H and O–H groups in total. The Morgan fingerprint density at radius 3 is 1.43 bits per heavy atom. The first-order valence-electron chi connectivity index (χ1n) is 18.5. The summed E-state index contributed by atoms with van der Waals surface area (Å²) in [5.74, 6) is 0. The van der Waals surface area contributed by atoms with Gasteiger partial charge in [0.1, 0.15) is 0 Å². The Bertz CT molecular complexity index is 2110. The molecule has 0 amide bonds. The summed E-state index contributed by atoms with van der Waals surface area (Å²) in [7, 11) is 0. The zero-order chi connectivity index (χ0) is 37.3. The molecular formula is C51H54Cl2Zr-2. The van der Waals surface area contributed by atoms with E-state index in [1.165, 1.54) is 66.4 Å². The van der Waals surface area contributed by atoms with Crippen LogP contribution < -0.4 is 24.8 Å². The van der Waals surface area contributed by atoms with Gasteiger partial charge in [-0.25, -0.2) is 12.1 Å². The average Bonchev–Trinajstić information content (AvgIpc) is 3.82. The molecule has 0 saturated carbocycles. The van der Waals surface area contributed by atoms with Crippen LogP contribution in [0.4, 0.5) is 0 Å². The second-order valence-corrected chi connectivity index (χ2v) is 17.6. The number of aryl methyl sites for hydroxylation is 2. The third kappa shape index (κ3) is 11.7. The predicted molar refractivity (Wildman–Crippen MR) is 225 cm³/mol. The summed E-state index contributed by atoms with van der Waals surface area (Å²) in [5.41, 5.74) is 13.9. The van der Waals surface area contributed by atoms with Crippen molar-refractivity contribution < 1.29 is 49.0 Å². The van der Waals surface area contributed by atoms with Crippen molar-refractivity contribution in [1.82, 2.24) is 0 Å². The molecule has 0 spiro atoms. The Morgan fingerprint density at radius 2 is 1.00 bits per heavy atom. The Labute approximate surface area is 353 Å². The summed E-state index contributed by atoms with van der Waals surface area (Å²) >= 11 is 1.55. The van der Waals surface area contributed by atoms with E-state index in [2.05, 4.69) is 183 Å². The van der Waals surface area contributed by atoms with Crippen LogP contribution in [-0.2, 0) is 47.9 Å². The normalized spacial score (nSPS) is 10.9. The maximum atomic E-state index is 2.47. The van der Waals surface area contributed by atoms with Crippen LogP contribution in [0, 0.1) is 13.8 Å². The molecule has 0 aliphatic rings. The molecular weight excluding hydrogens is 775 g/mol. The Hall–Kier alpha value is -3.61. The second-order valence-electron chi connectivity index (χ2n) is 15.9. The molecule has 7 rings (SSSR count). The van der Waals surface area contributed by atoms with E-state index in [0.29, 0.717) is 0 Å². The minimum Gasteiger partial charge on any atom is -0.214 e. The van der Waals surface area contributed by atoms with Crippen molar-refractivity contribution in [1.29, 1.82) is 0 Å². The second kappa shape index (κ2) is 20.4. The molecule has 0 fully saturated rings. The van der Waals surface area contributed by atoms with Gasteiger partial charge < -0.3 is 24.8 Å². The fourth-order valence-corrected chi connectivity index (χ4v) is 8.08. The van der Waals surface area contributed by atoms with E-state index in [0.717, 1.165) is 12.8 Å². The molecule has 7 aromatic rings. The molecule has 0 aliphatic carbocycles. The van der Waals surface area contributed by atoms with E-state index >= 15 is 0 Å². The largest absolute Gasteiger partial charge is 0.214 e. The molecule has 0 aromatic heterocycles. The van der Waals surface area contributed by atoms with Gasteiger partial charge in [-0.05, 0) is 30.2 Å². The van der Waals surface area contributed by atoms with Crippen molar-refractivity contribution >= 4 is 14.0 Å². The molecule has 0 radical (unpaired) electrons. The van der Waals surface area contributed by atoms with Crippen molar-refractivity contribution in [2.45, 2.75) is 79.1 Å². The number of hydrogen-bond donors (Lipinski definition) is 0. The maximum Gasteiger partial charge on any atom is -0.172 e. The van der Waals surface area contributed by atoms with Gasteiger partial charge in [-0.1, -0.05) is 130 Å². The number of halogens is 2. The van der Waals surface area contributed by atoms with Gasteiger partial charge in [-0.2, -0.15) is 18.2 Å². The van der Waals surface area contributed by atoms with Crippen molar-refractivity contribution in [3.05, 3.63) is 191 Å². The zero-order valence-corrected chi connectivity index (χ0v) is 37.2. The topological polar surface area (TPSA) is 0 Å². The van der Waals surface area contributed by atoms with Gasteiger partial charge in [0.05, 0.1) is 0 Å². The van der Waals surface area contributed by atoms with Gasteiger partial charge >= 0.3 is 112 Å². The first-order valence-corrected chi connectivity index (χ1v) is 19.8. The molecule has 3 heteroatoms. The van der Waals surface area contributed by atoms with Crippen molar-refractivity contribution in [3.8, 4) is 22.3 Å². The van der Waals surface area contributed by atoms with E-state index < -0.39 is 0 Å². The molecule has 0 unspecified atom stereocenters. The van der Waals surface area contributed by atoms with Crippen LogP contribution in [0.2, 0.25) is 0 Å². The summed E-state index contributed by atoms with van der Waals surface area (Å²) in [6, 6.07) is 56.3. The van der Waals surface area contributed by atoms with Crippen LogP contribution in [0.15, 0.2) is 158 Å². The monoisotopic (exact) mass is 826 g/mol. The molecule has 0 aliphatic heterocycles. The van der Waals surface area contributed by atoms with Gasteiger partial charge in [-0.15, -0.1) is 28.0 Å². The van der Waals surface area contributed by atoms with Gasteiger partial charge in [0, 0.05) is 0 Å². The van der Waals surface area contributed by atoms with Crippen LogP contribution in [-0.4, -0.2) is 3.21 Å². The molecule has 278 valence electrons.